The van der Waals surface area contributed by atoms with Crippen molar-refractivity contribution in [3.63, 3.8) is 0 Å². The second-order valence-corrected chi connectivity index (χ2v) is 7.41. The Hall–Kier alpha value is -1.09. The van der Waals surface area contributed by atoms with Crippen molar-refractivity contribution in [3.8, 4) is 0 Å². The first kappa shape index (κ1) is 23.2. The van der Waals surface area contributed by atoms with Crippen molar-refractivity contribution in [2.75, 3.05) is 5.75 Å². The fourth-order valence-electron chi connectivity index (χ4n) is 0.850. The molecular weight excluding hydrogens is 364 g/mol. The molecule has 0 atom stereocenters. The molecular formula is C9H16O10S3. The van der Waals surface area contributed by atoms with Crippen molar-refractivity contribution in [3.05, 3.63) is 30.3 Å². The summed E-state index contributed by atoms with van der Waals surface area (Å²) in [6.07, 6.45) is 0.471. The first-order valence-electron chi connectivity index (χ1n) is 5.34. The van der Waals surface area contributed by atoms with Crippen LogP contribution in [-0.2, 0) is 30.6 Å². The standard InChI is InChI=1S/C6H6O3S.C3H8O3S.H2O4S/c7-10(8,9)6-4-2-1-3-5-6;1-2-3-7(4,5)6;1-5(2,3)4/h1-5H,(H,7,8,9);2-3H2,1H3,(H,4,5,6);(H2,1,2,3,4). The second-order valence-electron chi connectivity index (χ2n) is 3.52. The van der Waals surface area contributed by atoms with Crippen LogP contribution >= 0.6 is 0 Å². The third-order valence-corrected chi connectivity index (χ3v) is 3.30. The smallest absolute Gasteiger partial charge is 0.286 e. The van der Waals surface area contributed by atoms with E-state index in [0.29, 0.717) is 6.42 Å². The van der Waals surface area contributed by atoms with Gasteiger partial charge in [-0.25, -0.2) is 0 Å². The van der Waals surface area contributed by atoms with E-state index in [0.717, 1.165) is 0 Å². The van der Waals surface area contributed by atoms with Crippen LogP contribution in [0.5, 0.6) is 0 Å². The zero-order valence-corrected chi connectivity index (χ0v) is 13.7. The summed E-state index contributed by atoms with van der Waals surface area (Å²) in [5.41, 5.74) is 0. The van der Waals surface area contributed by atoms with Crippen LogP contribution in [0.3, 0.4) is 0 Å². The number of rotatable bonds is 3. The molecule has 0 heterocycles. The molecule has 0 spiro atoms. The molecule has 0 aliphatic heterocycles. The lowest BCUT2D eigenvalue weighted by Gasteiger charge is -1.92. The van der Waals surface area contributed by atoms with E-state index in [2.05, 4.69) is 0 Å². The molecule has 0 saturated heterocycles. The summed E-state index contributed by atoms with van der Waals surface area (Å²) in [4.78, 5) is -0.0741. The van der Waals surface area contributed by atoms with Gasteiger partial charge in [-0.1, -0.05) is 25.1 Å². The SMILES string of the molecule is CCCS(=O)(=O)O.O=S(=O)(O)O.O=S(=O)(O)c1ccccc1. The molecule has 0 aliphatic carbocycles. The normalized spacial score (nSPS) is 11.5. The van der Waals surface area contributed by atoms with Gasteiger partial charge < -0.3 is 0 Å². The molecule has 0 aromatic heterocycles. The van der Waals surface area contributed by atoms with Gasteiger partial charge in [0.2, 0.25) is 0 Å². The Morgan fingerprint density at radius 3 is 1.32 bits per heavy atom. The van der Waals surface area contributed by atoms with Gasteiger partial charge >= 0.3 is 10.4 Å². The van der Waals surface area contributed by atoms with Crippen LogP contribution in [0.1, 0.15) is 13.3 Å². The van der Waals surface area contributed by atoms with E-state index in [-0.39, 0.29) is 10.6 Å². The Morgan fingerprint density at radius 2 is 1.18 bits per heavy atom. The van der Waals surface area contributed by atoms with E-state index in [1.54, 1.807) is 25.1 Å². The fraction of sp³-hybridized carbons (Fsp3) is 0.333. The summed E-state index contributed by atoms with van der Waals surface area (Å²) < 4.78 is 88.4. The molecule has 0 amide bonds. The Labute approximate surface area is 128 Å². The average Bonchev–Trinajstić information content (AvgIpc) is 2.26. The van der Waals surface area contributed by atoms with Gasteiger partial charge in [-0.2, -0.15) is 25.3 Å². The lowest BCUT2D eigenvalue weighted by atomic mass is 10.4. The molecule has 0 radical (unpaired) electrons. The Bertz CT molecular complexity index is 711. The second kappa shape index (κ2) is 9.83. The Kier molecular flexibility index (Phi) is 10.4. The Balaban J connectivity index is 0. The van der Waals surface area contributed by atoms with Gasteiger partial charge in [0, 0.05) is 0 Å². The summed E-state index contributed by atoms with van der Waals surface area (Å²) in [7, 11) is -12.3. The topological polar surface area (TPSA) is 183 Å². The molecule has 1 aromatic rings. The molecule has 0 aliphatic rings. The summed E-state index contributed by atoms with van der Waals surface area (Å²) in [5.74, 6) is -0.132. The van der Waals surface area contributed by atoms with Gasteiger partial charge in [-0.3, -0.25) is 18.2 Å². The van der Waals surface area contributed by atoms with Crippen molar-refractivity contribution < 1.29 is 43.5 Å². The van der Waals surface area contributed by atoms with E-state index >= 15 is 0 Å². The van der Waals surface area contributed by atoms with Crippen LogP contribution in [-0.4, -0.2) is 49.2 Å². The maximum atomic E-state index is 10.4. The molecule has 1 aromatic carbocycles. The van der Waals surface area contributed by atoms with Gasteiger partial charge in [0.15, 0.2) is 0 Å². The first-order valence-corrected chi connectivity index (χ1v) is 9.79. The van der Waals surface area contributed by atoms with Crippen molar-refractivity contribution in [1.82, 2.24) is 0 Å². The maximum Gasteiger partial charge on any atom is 0.394 e. The van der Waals surface area contributed by atoms with Gasteiger partial charge in [-0.05, 0) is 18.6 Å². The molecule has 0 bridgehead atoms. The third-order valence-electron chi connectivity index (χ3n) is 1.50. The maximum absolute atomic E-state index is 10.4. The van der Waals surface area contributed by atoms with Crippen molar-refractivity contribution in [1.29, 1.82) is 0 Å². The minimum absolute atomic E-state index is 0.0741. The highest BCUT2D eigenvalue weighted by Crippen LogP contribution is 2.05. The number of hydrogen-bond donors (Lipinski definition) is 4. The third kappa shape index (κ3) is 21.2. The summed E-state index contributed by atoms with van der Waals surface area (Å²) >= 11 is 0. The lowest BCUT2D eigenvalue weighted by Crippen LogP contribution is -2.01. The van der Waals surface area contributed by atoms with Crippen molar-refractivity contribution in [2.24, 2.45) is 0 Å². The summed E-state index contributed by atoms with van der Waals surface area (Å²) in [5, 5.41) is 0. The van der Waals surface area contributed by atoms with E-state index in [1.807, 2.05) is 0 Å². The summed E-state index contributed by atoms with van der Waals surface area (Å²) in [6.45, 7) is 1.69. The molecule has 10 nitrogen and oxygen atoms in total. The minimum Gasteiger partial charge on any atom is -0.286 e. The predicted molar refractivity (Wildman–Crippen MR) is 77.1 cm³/mol. The van der Waals surface area contributed by atoms with Crippen LogP contribution in [0.2, 0.25) is 0 Å². The van der Waals surface area contributed by atoms with Crippen molar-refractivity contribution in [2.45, 2.75) is 18.2 Å². The minimum atomic E-state index is -4.67. The van der Waals surface area contributed by atoms with Crippen LogP contribution < -0.4 is 0 Å². The van der Waals surface area contributed by atoms with E-state index in [9.17, 15) is 16.8 Å². The monoisotopic (exact) mass is 380 g/mol. The Morgan fingerprint density at radius 1 is 0.818 bits per heavy atom. The van der Waals surface area contributed by atoms with E-state index in [1.165, 1.54) is 12.1 Å². The quantitative estimate of drug-likeness (QED) is 0.540. The molecule has 0 saturated carbocycles. The zero-order chi connectivity index (χ0) is 18.0. The van der Waals surface area contributed by atoms with Gasteiger partial charge in [-0.15, -0.1) is 0 Å². The predicted octanol–water partition coefficient (Wildman–Crippen LogP) is 0.565. The van der Waals surface area contributed by atoms with E-state index in [4.69, 9.17) is 26.6 Å². The highest BCUT2D eigenvalue weighted by atomic mass is 32.3. The molecule has 22 heavy (non-hydrogen) atoms. The molecule has 1 rings (SSSR count). The number of benzene rings is 1. The van der Waals surface area contributed by atoms with Gasteiger partial charge in [0.25, 0.3) is 20.2 Å². The molecule has 0 unspecified atom stereocenters. The zero-order valence-electron chi connectivity index (χ0n) is 11.3. The van der Waals surface area contributed by atoms with E-state index < -0.39 is 30.6 Å². The summed E-state index contributed by atoms with van der Waals surface area (Å²) in [6, 6.07) is 7.42. The van der Waals surface area contributed by atoms with Gasteiger partial charge in [0.1, 0.15) is 0 Å². The molecule has 4 N–H and O–H groups in total. The average molecular weight is 380 g/mol. The highest BCUT2D eigenvalue weighted by molar-refractivity contribution is 7.86. The van der Waals surface area contributed by atoms with Crippen LogP contribution in [0.4, 0.5) is 0 Å². The molecule has 13 heteroatoms. The van der Waals surface area contributed by atoms with Crippen molar-refractivity contribution >= 4 is 30.6 Å². The van der Waals surface area contributed by atoms with Crippen LogP contribution in [0, 0.1) is 0 Å². The molecule has 0 fully saturated rings. The lowest BCUT2D eigenvalue weighted by molar-refractivity contribution is 0.380. The largest absolute Gasteiger partial charge is 0.394 e. The first-order chi connectivity index (χ1) is 9.67. The highest BCUT2D eigenvalue weighted by Gasteiger charge is 2.05. The fourth-order valence-corrected chi connectivity index (χ4v) is 1.87. The van der Waals surface area contributed by atoms with Crippen LogP contribution in [0.15, 0.2) is 35.2 Å². The van der Waals surface area contributed by atoms with Crippen LogP contribution in [0.25, 0.3) is 0 Å². The number of hydrogen-bond acceptors (Lipinski definition) is 6. The molecule has 130 valence electrons. The van der Waals surface area contributed by atoms with Gasteiger partial charge in [0.05, 0.1) is 10.6 Å².